The number of guanidine groups is 1. The Morgan fingerprint density at radius 1 is 1.00 bits per heavy atom. The fraction of sp³-hybridized carbons (Fsp3) is 0.950. The van der Waals surface area contributed by atoms with Crippen molar-refractivity contribution in [3.63, 3.8) is 0 Å². The molecular weight excluding hydrogens is 296 g/mol. The van der Waals surface area contributed by atoms with Crippen LogP contribution in [0.25, 0.3) is 0 Å². The van der Waals surface area contributed by atoms with E-state index in [1.54, 1.807) is 0 Å². The first kappa shape index (κ1) is 18.0. The van der Waals surface area contributed by atoms with Gasteiger partial charge in [0.05, 0.1) is 0 Å². The van der Waals surface area contributed by atoms with Gasteiger partial charge in [-0.15, -0.1) is 0 Å². The van der Waals surface area contributed by atoms with Crippen molar-refractivity contribution in [2.75, 3.05) is 46.3 Å². The lowest BCUT2D eigenvalue weighted by Gasteiger charge is -2.30. The molecule has 1 saturated carbocycles. The van der Waals surface area contributed by atoms with Crippen LogP contribution in [0.4, 0.5) is 0 Å². The predicted molar refractivity (Wildman–Crippen MR) is 102 cm³/mol. The first-order valence-corrected chi connectivity index (χ1v) is 10.4. The van der Waals surface area contributed by atoms with Gasteiger partial charge in [-0.2, -0.15) is 0 Å². The highest BCUT2D eigenvalue weighted by molar-refractivity contribution is 5.80. The van der Waals surface area contributed by atoms with Gasteiger partial charge in [0.1, 0.15) is 0 Å². The topological polar surface area (TPSA) is 30.9 Å². The van der Waals surface area contributed by atoms with E-state index in [0.29, 0.717) is 0 Å². The summed E-state index contributed by atoms with van der Waals surface area (Å²) in [6, 6.07) is 0. The van der Waals surface area contributed by atoms with E-state index >= 15 is 0 Å². The second-order valence-corrected chi connectivity index (χ2v) is 8.41. The van der Waals surface area contributed by atoms with E-state index in [4.69, 9.17) is 0 Å². The Kier molecular flexibility index (Phi) is 6.82. The smallest absolute Gasteiger partial charge is 0.193 e. The van der Waals surface area contributed by atoms with Crippen LogP contribution in [0.2, 0.25) is 0 Å². The molecule has 2 heterocycles. The van der Waals surface area contributed by atoms with E-state index < -0.39 is 0 Å². The molecule has 0 aromatic heterocycles. The third-order valence-corrected chi connectivity index (χ3v) is 6.55. The second-order valence-electron chi connectivity index (χ2n) is 8.41. The molecule has 3 fully saturated rings. The molecule has 0 bridgehead atoms. The molecule has 0 radical (unpaired) electrons. The average Bonchev–Trinajstić information content (AvgIpc) is 3.03. The number of nitrogens with zero attached hydrogens (tertiary/aromatic N) is 3. The number of hydrogen-bond donors (Lipinski definition) is 1. The van der Waals surface area contributed by atoms with Gasteiger partial charge in [-0.05, 0) is 75.9 Å². The largest absolute Gasteiger partial charge is 0.356 e. The van der Waals surface area contributed by atoms with Crippen LogP contribution in [0.1, 0.15) is 58.3 Å². The number of fused-ring (bicyclic) bond motifs is 1. The maximum absolute atomic E-state index is 4.54. The maximum atomic E-state index is 4.54. The van der Waals surface area contributed by atoms with Gasteiger partial charge in [0.25, 0.3) is 0 Å². The lowest BCUT2D eigenvalue weighted by Crippen LogP contribution is -2.41. The van der Waals surface area contributed by atoms with Crippen molar-refractivity contribution in [3.05, 3.63) is 0 Å². The zero-order valence-electron chi connectivity index (χ0n) is 16.0. The highest BCUT2D eigenvalue weighted by Gasteiger charge is 2.35. The van der Waals surface area contributed by atoms with Crippen molar-refractivity contribution in [1.29, 1.82) is 0 Å². The minimum absolute atomic E-state index is 0.929. The van der Waals surface area contributed by atoms with Crippen LogP contribution in [0.5, 0.6) is 0 Å². The Bertz CT molecular complexity index is 386. The molecule has 2 saturated heterocycles. The van der Waals surface area contributed by atoms with Crippen LogP contribution in [0.15, 0.2) is 4.99 Å². The van der Waals surface area contributed by atoms with Gasteiger partial charge in [-0.1, -0.05) is 19.8 Å². The van der Waals surface area contributed by atoms with E-state index in [1.165, 1.54) is 84.1 Å². The summed E-state index contributed by atoms with van der Waals surface area (Å²) in [4.78, 5) is 9.72. The standard InChI is InChI=1S/C20H38N4/c1-17-9-13-23(14-10-17)12-6-5-11-22-20(21-2)24-15-18-7-3-4-8-19(18)16-24/h17-19H,3-16H2,1-2H3,(H,21,22). The number of piperidine rings is 1. The van der Waals surface area contributed by atoms with Crippen LogP contribution < -0.4 is 5.32 Å². The summed E-state index contributed by atoms with van der Waals surface area (Å²) in [5.74, 6) is 3.95. The lowest BCUT2D eigenvalue weighted by molar-refractivity contribution is 0.189. The zero-order valence-corrected chi connectivity index (χ0v) is 16.0. The molecule has 1 N–H and O–H groups in total. The number of unbranched alkanes of at least 4 members (excludes halogenated alkanes) is 1. The quantitative estimate of drug-likeness (QED) is 0.476. The summed E-state index contributed by atoms with van der Waals surface area (Å²) in [5, 5.41) is 3.62. The molecule has 2 atom stereocenters. The average molecular weight is 335 g/mol. The summed E-state index contributed by atoms with van der Waals surface area (Å²) in [6.07, 6.45) is 11.1. The Labute approximate surface area is 149 Å². The lowest BCUT2D eigenvalue weighted by atomic mass is 9.82. The van der Waals surface area contributed by atoms with Gasteiger partial charge < -0.3 is 15.1 Å². The summed E-state index contributed by atoms with van der Waals surface area (Å²) in [7, 11) is 1.94. The molecule has 24 heavy (non-hydrogen) atoms. The number of rotatable bonds is 5. The highest BCUT2D eigenvalue weighted by atomic mass is 15.3. The third-order valence-electron chi connectivity index (χ3n) is 6.55. The van der Waals surface area contributed by atoms with E-state index in [-0.39, 0.29) is 0 Å². The van der Waals surface area contributed by atoms with Crippen molar-refractivity contribution >= 4 is 5.96 Å². The van der Waals surface area contributed by atoms with E-state index in [1.807, 2.05) is 7.05 Å². The monoisotopic (exact) mass is 334 g/mol. The van der Waals surface area contributed by atoms with E-state index in [9.17, 15) is 0 Å². The molecule has 3 rings (SSSR count). The number of hydrogen-bond acceptors (Lipinski definition) is 2. The summed E-state index contributed by atoms with van der Waals surface area (Å²) < 4.78 is 0. The molecule has 0 spiro atoms. The molecule has 4 heteroatoms. The van der Waals surface area contributed by atoms with Crippen molar-refractivity contribution in [3.8, 4) is 0 Å². The third kappa shape index (κ3) is 4.87. The Balaban J connectivity index is 1.30. The minimum atomic E-state index is 0.929. The first-order valence-electron chi connectivity index (χ1n) is 10.4. The van der Waals surface area contributed by atoms with E-state index in [0.717, 1.165) is 30.3 Å². The van der Waals surface area contributed by atoms with Crippen LogP contribution in [0, 0.1) is 17.8 Å². The molecule has 0 aromatic rings. The number of nitrogens with one attached hydrogen (secondary N) is 1. The highest BCUT2D eigenvalue weighted by Crippen LogP contribution is 2.35. The van der Waals surface area contributed by atoms with Gasteiger partial charge in [-0.25, -0.2) is 0 Å². The number of likely N-dealkylation sites (tertiary alicyclic amines) is 2. The van der Waals surface area contributed by atoms with Crippen molar-refractivity contribution in [1.82, 2.24) is 15.1 Å². The Morgan fingerprint density at radius 3 is 2.29 bits per heavy atom. The first-order chi connectivity index (χ1) is 11.8. The summed E-state index contributed by atoms with van der Waals surface area (Å²) in [5.41, 5.74) is 0. The maximum Gasteiger partial charge on any atom is 0.193 e. The minimum Gasteiger partial charge on any atom is -0.356 e. The normalized spacial score (nSPS) is 29.8. The Hall–Kier alpha value is -0.770. The van der Waals surface area contributed by atoms with Gasteiger partial charge in [0, 0.05) is 26.7 Å². The van der Waals surface area contributed by atoms with Gasteiger partial charge in [0.15, 0.2) is 5.96 Å². The molecule has 138 valence electrons. The second kappa shape index (κ2) is 9.07. The van der Waals surface area contributed by atoms with Crippen LogP contribution in [0.3, 0.4) is 0 Å². The molecule has 0 amide bonds. The fourth-order valence-corrected chi connectivity index (χ4v) is 4.86. The molecular formula is C20H38N4. The zero-order chi connectivity index (χ0) is 16.8. The SMILES string of the molecule is CN=C(NCCCCN1CCC(C)CC1)N1CC2CCCCC2C1. The van der Waals surface area contributed by atoms with Crippen molar-refractivity contribution in [2.45, 2.75) is 58.3 Å². The van der Waals surface area contributed by atoms with Crippen LogP contribution >= 0.6 is 0 Å². The number of aliphatic imine (C=N–C) groups is 1. The fourth-order valence-electron chi connectivity index (χ4n) is 4.86. The molecule has 3 aliphatic rings. The van der Waals surface area contributed by atoms with Crippen LogP contribution in [-0.4, -0.2) is 62.1 Å². The van der Waals surface area contributed by atoms with Crippen LogP contribution in [-0.2, 0) is 0 Å². The predicted octanol–water partition coefficient (Wildman–Crippen LogP) is 3.20. The molecule has 0 aromatic carbocycles. The molecule has 2 unspecified atom stereocenters. The van der Waals surface area contributed by atoms with E-state index in [2.05, 4.69) is 27.0 Å². The Morgan fingerprint density at radius 2 is 1.67 bits per heavy atom. The van der Waals surface area contributed by atoms with Gasteiger partial charge in [0.2, 0.25) is 0 Å². The van der Waals surface area contributed by atoms with Crippen molar-refractivity contribution < 1.29 is 0 Å². The summed E-state index contributed by atoms with van der Waals surface area (Å²) in [6.45, 7) is 9.83. The van der Waals surface area contributed by atoms with Gasteiger partial charge in [-0.3, -0.25) is 4.99 Å². The van der Waals surface area contributed by atoms with Crippen molar-refractivity contribution in [2.24, 2.45) is 22.7 Å². The molecule has 2 aliphatic heterocycles. The summed E-state index contributed by atoms with van der Waals surface area (Å²) >= 11 is 0. The molecule has 4 nitrogen and oxygen atoms in total. The molecule has 1 aliphatic carbocycles. The van der Waals surface area contributed by atoms with Gasteiger partial charge >= 0.3 is 0 Å².